The highest BCUT2D eigenvalue weighted by molar-refractivity contribution is 5.14. The van der Waals surface area contributed by atoms with Gasteiger partial charge in [0, 0.05) is 18.4 Å². The van der Waals surface area contributed by atoms with E-state index < -0.39 is 5.79 Å². The lowest BCUT2D eigenvalue weighted by Gasteiger charge is -2.55. The molecule has 0 unspecified atom stereocenters. The molecule has 0 amide bonds. The Morgan fingerprint density at radius 2 is 1.50 bits per heavy atom. The van der Waals surface area contributed by atoms with E-state index in [9.17, 15) is 0 Å². The lowest BCUT2D eigenvalue weighted by molar-refractivity contribution is -0.355. The molecular formula is C27H36O5. The molecule has 2 saturated heterocycles. The summed E-state index contributed by atoms with van der Waals surface area (Å²) < 4.78 is 31.0. The Kier molecular flexibility index (Phi) is 7.64. The fourth-order valence-corrected chi connectivity index (χ4v) is 4.58. The predicted molar refractivity (Wildman–Crippen MR) is 123 cm³/mol. The summed E-state index contributed by atoms with van der Waals surface area (Å²) in [6, 6.07) is 20.5. The summed E-state index contributed by atoms with van der Waals surface area (Å²) in [7, 11) is 0. The van der Waals surface area contributed by atoms with Gasteiger partial charge in [0.05, 0.1) is 44.7 Å². The highest BCUT2D eigenvalue weighted by Crippen LogP contribution is 2.46. The Labute approximate surface area is 192 Å². The molecule has 5 nitrogen and oxygen atoms in total. The molecule has 2 aliphatic rings. The van der Waals surface area contributed by atoms with Gasteiger partial charge >= 0.3 is 0 Å². The summed E-state index contributed by atoms with van der Waals surface area (Å²) >= 11 is 0. The number of benzene rings is 2. The van der Waals surface area contributed by atoms with Crippen molar-refractivity contribution in [3.8, 4) is 0 Å². The van der Waals surface area contributed by atoms with Crippen molar-refractivity contribution in [3.05, 3.63) is 71.8 Å². The lowest BCUT2D eigenvalue weighted by Crippen LogP contribution is -2.62. The van der Waals surface area contributed by atoms with E-state index in [0.717, 1.165) is 12.8 Å². The molecule has 0 saturated carbocycles. The maximum atomic E-state index is 6.55. The van der Waals surface area contributed by atoms with Crippen LogP contribution in [-0.4, -0.2) is 43.9 Å². The maximum absolute atomic E-state index is 6.55. The quantitative estimate of drug-likeness (QED) is 0.506. The van der Waals surface area contributed by atoms with Crippen molar-refractivity contribution in [2.24, 2.45) is 5.41 Å². The number of hydrogen-bond acceptors (Lipinski definition) is 5. The van der Waals surface area contributed by atoms with E-state index in [1.165, 1.54) is 11.1 Å². The predicted octanol–water partition coefficient (Wildman–Crippen LogP) is 5.13. The van der Waals surface area contributed by atoms with Crippen molar-refractivity contribution >= 4 is 0 Å². The van der Waals surface area contributed by atoms with Gasteiger partial charge in [-0.2, -0.15) is 0 Å². The SMILES string of the molecule is CC1(C)OC[C@@]2(C)[C@H](CCOCc3ccccc3)O[C@H](COCc3ccccc3)C[C@H]2O1. The fraction of sp³-hybridized carbons (Fsp3) is 0.556. The van der Waals surface area contributed by atoms with Crippen LogP contribution in [0.4, 0.5) is 0 Å². The number of rotatable bonds is 9. The Balaban J connectivity index is 1.34. The van der Waals surface area contributed by atoms with Gasteiger partial charge in [-0.1, -0.05) is 67.6 Å². The number of ether oxygens (including phenoxy) is 5. The first kappa shape index (κ1) is 23.4. The highest BCUT2D eigenvalue weighted by atomic mass is 16.7. The zero-order valence-corrected chi connectivity index (χ0v) is 19.5. The molecule has 0 aromatic heterocycles. The summed E-state index contributed by atoms with van der Waals surface area (Å²) in [6.07, 6.45) is 1.63. The van der Waals surface area contributed by atoms with Crippen LogP contribution in [0.3, 0.4) is 0 Å². The fourth-order valence-electron chi connectivity index (χ4n) is 4.58. The van der Waals surface area contributed by atoms with Gasteiger partial charge in [0.2, 0.25) is 0 Å². The second-order valence-corrected chi connectivity index (χ2v) is 9.61. The standard InChI is InChI=1S/C27H36O5/c1-26(2)30-20-27(3)24(14-15-28-17-21-10-6-4-7-11-21)31-23(16-25(27)32-26)19-29-18-22-12-8-5-9-13-22/h4-13,23-25H,14-20H2,1-3H3/t23-,24-,25+,27-/m0/s1. The third kappa shape index (κ3) is 5.97. The summed E-state index contributed by atoms with van der Waals surface area (Å²) in [5.41, 5.74) is 2.14. The molecule has 0 bridgehead atoms. The van der Waals surface area contributed by atoms with Crippen LogP contribution in [0.25, 0.3) is 0 Å². The monoisotopic (exact) mass is 440 g/mol. The van der Waals surface area contributed by atoms with Crippen molar-refractivity contribution in [1.82, 2.24) is 0 Å². The first-order valence-electron chi connectivity index (χ1n) is 11.7. The van der Waals surface area contributed by atoms with E-state index in [1.54, 1.807) is 0 Å². The number of fused-ring (bicyclic) bond motifs is 1. The van der Waals surface area contributed by atoms with Crippen LogP contribution in [0.5, 0.6) is 0 Å². The molecule has 2 aromatic rings. The molecule has 2 fully saturated rings. The van der Waals surface area contributed by atoms with Crippen molar-refractivity contribution in [2.75, 3.05) is 19.8 Å². The summed E-state index contributed by atoms with van der Waals surface area (Å²) in [5.74, 6) is -0.578. The van der Waals surface area contributed by atoms with Crippen LogP contribution in [-0.2, 0) is 36.9 Å². The molecule has 174 valence electrons. The van der Waals surface area contributed by atoms with Gasteiger partial charge in [0.1, 0.15) is 0 Å². The third-order valence-electron chi connectivity index (χ3n) is 6.51. The minimum absolute atomic E-state index is 0.00943. The Hall–Kier alpha value is -1.76. The molecular weight excluding hydrogens is 404 g/mol. The summed E-state index contributed by atoms with van der Waals surface area (Å²) in [5, 5.41) is 0. The van der Waals surface area contributed by atoms with Gasteiger partial charge in [0.25, 0.3) is 0 Å². The molecule has 32 heavy (non-hydrogen) atoms. The molecule has 4 atom stereocenters. The second-order valence-electron chi connectivity index (χ2n) is 9.61. The summed E-state index contributed by atoms with van der Waals surface area (Å²) in [6.45, 7) is 9.18. The Morgan fingerprint density at radius 1 is 0.875 bits per heavy atom. The van der Waals surface area contributed by atoms with E-state index in [0.29, 0.717) is 33.0 Å². The largest absolute Gasteiger partial charge is 0.377 e. The van der Waals surface area contributed by atoms with Crippen molar-refractivity contribution in [2.45, 2.75) is 70.9 Å². The normalized spacial score (nSPS) is 29.4. The molecule has 0 aliphatic carbocycles. The van der Waals surface area contributed by atoms with E-state index >= 15 is 0 Å². The van der Waals surface area contributed by atoms with Crippen molar-refractivity contribution in [3.63, 3.8) is 0 Å². The van der Waals surface area contributed by atoms with E-state index in [1.807, 2.05) is 50.2 Å². The molecule has 2 aromatic carbocycles. The summed E-state index contributed by atoms with van der Waals surface area (Å²) in [4.78, 5) is 0. The van der Waals surface area contributed by atoms with Crippen LogP contribution in [0.15, 0.2) is 60.7 Å². The first-order valence-corrected chi connectivity index (χ1v) is 11.7. The van der Waals surface area contributed by atoms with Gasteiger partial charge in [-0.25, -0.2) is 0 Å². The van der Waals surface area contributed by atoms with Crippen LogP contribution in [0.1, 0.15) is 44.7 Å². The van der Waals surface area contributed by atoms with Crippen LogP contribution >= 0.6 is 0 Å². The lowest BCUT2D eigenvalue weighted by atomic mass is 9.73. The van der Waals surface area contributed by atoms with Crippen LogP contribution < -0.4 is 0 Å². The van der Waals surface area contributed by atoms with Crippen LogP contribution in [0, 0.1) is 5.41 Å². The molecule has 0 N–H and O–H groups in total. The van der Waals surface area contributed by atoms with Gasteiger partial charge in [0.15, 0.2) is 5.79 Å². The van der Waals surface area contributed by atoms with Crippen LogP contribution in [0.2, 0.25) is 0 Å². The minimum Gasteiger partial charge on any atom is -0.377 e. The van der Waals surface area contributed by atoms with E-state index in [-0.39, 0.29) is 23.7 Å². The minimum atomic E-state index is -0.578. The van der Waals surface area contributed by atoms with Gasteiger partial charge in [-0.05, 0) is 31.4 Å². The average Bonchev–Trinajstić information content (AvgIpc) is 2.79. The van der Waals surface area contributed by atoms with Crippen molar-refractivity contribution < 1.29 is 23.7 Å². The second kappa shape index (κ2) is 10.4. The zero-order valence-electron chi connectivity index (χ0n) is 19.5. The van der Waals surface area contributed by atoms with Gasteiger partial charge in [-0.15, -0.1) is 0 Å². The molecule has 5 heteroatoms. The molecule has 2 heterocycles. The molecule has 2 aliphatic heterocycles. The topological polar surface area (TPSA) is 46.2 Å². The van der Waals surface area contributed by atoms with E-state index in [4.69, 9.17) is 23.7 Å². The first-order chi connectivity index (χ1) is 15.4. The third-order valence-corrected chi connectivity index (χ3v) is 6.51. The van der Waals surface area contributed by atoms with Gasteiger partial charge < -0.3 is 23.7 Å². The van der Waals surface area contributed by atoms with Crippen molar-refractivity contribution in [1.29, 1.82) is 0 Å². The van der Waals surface area contributed by atoms with E-state index in [2.05, 4.69) is 31.2 Å². The Morgan fingerprint density at radius 3 is 2.16 bits per heavy atom. The average molecular weight is 441 g/mol. The molecule has 4 rings (SSSR count). The Bertz CT molecular complexity index is 824. The number of hydrogen-bond donors (Lipinski definition) is 0. The molecule has 0 spiro atoms. The van der Waals surface area contributed by atoms with Gasteiger partial charge in [-0.3, -0.25) is 0 Å². The smallest absolute Gasteiger partial charge is 0.163 e. The maximum Gasteiger partial charge on any atom is 0.163 e. The molecule has 0 radical (unpaired) electrons. The highest BCUT2D eigenvalue weighted by Gasteiger charge is 2.53. The zero-order chi connectivity index (χ0) is 22.4.